The third-order valence-corrected chi connectivity index (χ3v) is 5.12. The molecule has 1 aromatic carbocycles. The van der Waals surface area contributed by atoms with Gasteiger partial charge < -0.3 is 5.73 Å². The summed E-state index contributed by atoms with van der Waals surface area (Å²) in [7, 11) is 0. The Kier molecular flexibility index (Phi) is 3.52. The zero-order valence-electron chi connectivity index (χ0n) is 12.3. The molecule has 1 atom stereocenters. The molecule has 0 aliphatic carbocycles. The summed E-state index contributed by atoms with van der Waals surface area (Å²) < 4.78 is 0. The predicted molar refractivity (Wildman–Crippen MR) is 85.0 cm³/mol. The molecule has 0 saturated carbocycles. The molecule has 4 heteroatoms. The summed E-state index contributed by atoms with van der Waals surface area (Å²) in [5.74, 6) is 0. The smallest absolute Gasteiger partial charge is 0.0900 e. The number of aryl methyl sites for hydroxylation is 2. The summed E-state index contributed by atoms with van der Waals surface area (Å²) in [5.41, 5.74) is 11.0. The number of fused-ring (bicyclic) bond motifs is 1. The van der Waals surface area contributed by atoms with Gasteiger partial charge in [-0.25, -0.2) is 4.98 Å². The topological polar surface area (TPSA) is 42.2 Å². The van der Waals surface area contributed by atoms with E-state index < -0.39 is 0 Å². The molecule has 3 nitrogen and oxygen atoms in total. The van der Waals surface area contributed by atoms with Gasteiger partial charge in [-0.1, -0.05) is 12.1 Å². The van der Waals surface area contributed by atoms with E-state index in [1.807, 2.05) is 6.07 Å². The van der Waals surface area contributed by atoms with Crippen LogP contribution in [0.3, 0.4) is 0 Å². The molecule has 0 fully saturated rings. The van der Waals surface area contributed by atoms with Crippen LogP contribution in [-0.2, 0) is 13.0 Å². The minimum Gasteiger partial charge on any atom is -0.398 e. The summed E-state index contributed by atoms with van der Waals surface area (Å²) in [5, 5.41) is 1.15. The molecule has 2 heterocycles. The van der Waals surface area contributed by atoms with Gasteiger partial charge >= 0.3 is 0 Å². The van der Waals surface area contributed by atoms with Crippen molar-refractivity contribution in [3.8, 4) is 0 Å². The van der Waals surface area contributed by atoms with E-state index in [1.54, 1.807) is 11.3 Å². The number of thiazole rings is 1. The second-order valence-electron chi connectivity index (χ2n) is 5.56. The van der Waals surface area contributed by atoms with Gasteiger partial charge in [-0.3, -0.25) is 4.90 Å². The first-order valence-corrected chi connectivity index (χ1v) is 7.92. The molecule has 0 bridgehead atoms. The number of benzene rings is 1. The number of hydrogen-bond donors (Lipinski definition) is 1. The molecule has 1 aliphatic rings. The Hall–Kier alpha value is -1.39. The van der Waals surface area contributed by atoms with Crippen molar-refractivity contribution in [2.45, 2.75) is 39.8 Å². The number of nitrogen functional groups attached to an aromatic ring is 1. The van der Waals surface area contributed by atoms with Crippen LogP contribution in [0.25, 0.3) is 0 Å². The highest BCUT2D eigenvalue weighted by Gasteiger charge is 2.25. The monoisotopic (exact) mass is 287 g/mol. The normalized spacial score (nSPS) is 16.9. The first-order chi connectivity index (χ1) is 9.56. The Labute approximate surface area is 124 Å². The van der Waals surface area contributed by atoms with Gasteiger partial charge in [0.05, 0.1) is 16.7 Å². The molecule has 2 N–H and O–H groups in total. The van der Waals surface area contributed by atoms with Crippen LogP contribution in [0, 0.1) is 13.8 Å². The van der Waals surface area contributed by atoms with Crippen molar-refractivity contribution in [3.63, 3.8) is 0 Å². The number of hydrogen-bond acceptors (Lipinski definition) is 4. The van der Waals surface area contributed by atoms with Crippen molar-refractivity contribution in [3.05, 3.63) is 44.9 Å². The highest BCUT2D eigenvalue weighted by Crippen LogP contribution is 2.32. The lowest BCUT2D eigenvalue weighted by Gasteiger charge is -2.33. The third-order valence-electron chi connectivity index (χ3n) is 4.22. The lowest BCUT2D eigenvalue weighted by atomic mass is 9.96. The van der Waals surface area contributed by atoms with Crippen LogP contribution in [0.15, 0.2) is 18.2 Å². The van der Waals surface area contributed by atoms with Gasteiger partial charge in [0.2, 0.25) is 0 Å². The standard InChI is InChI=1S/C16H21N3S/c1-10(16-11(2)20-12(3)18-16)19-8-7-13-5-4-6-15(17)14(13)9-19/h4-6,10H,7-9,17H2,1-3H3. The van der Waals surface area contributed by atoms with Crippen molar-refractivity contribution in [2.75, 3.05) is 12.3 Å². The highest BCUT2D eigenvalue weighted by atomic mass is 32.1. The van der Waals surface area contributed by atoms with Gasteiger partial charge in [0.15, 0.2) is 0 Å². The number of nitrogens with two attached hydrogens (primary N) is 1. The zero-order valence-corrected chi connectivity index (χ0v) is 13.1. The molecular weight excluding hydrogens is 266 g/mol. The Morgan fingerprint density at radius 2 is 2.15 bits per heavy atom. The molecule has 2 aromatic rings. The Balaban J connectivity index is 1.86. The molecule has 106 valence electrons. The Morgan fingerprint density at radius 1 is 1.35 bits per heavy atom. The molecule has 1 unspecified atom stereocenters. The van der Waals surface area contributed by atoms with Crippen LogP contribution < -0.4 is 5.73 Å². The van der Waals surface area contributed by atoms with Crippen LogP contribution >= 0.6 is 11.3 Å². The maximum atomic E-state index is 6.14. The average molecular weight is 287 g/mol. The largest absolute Gasteiger partial charge is 0.398 e. The SMILES string of the molecule is Cc1nc(C(C)N2CCc3cccc(N)c3C2)c(C)s1. The van der Waals surface area contributed by atoms with Gasteiger partial charge in [-0.15, -0.1) is 11.3 Å². The van der Waals surface area contributed by atoms with Crippen molar-refractivity contribution in [1.29, 1.82) is 0 Å². The first kappa shape index (κ1) is 13.6. The van der Waals surface area contributed by atoms with Gasteiger partial charge in [-0.05, 0) is 44.4 Å². The Morgan fingerprint density at radius 3 is 2.85 bits per heavy atom. The van der Waals surface area contributed by atoms with Gasteiger partial charge in [0.1, 0.15) is 0 Å². The maximum absolute atomic E-state index is 6.14. The second kappa shape index (κ2) is 5.19. The summed E-state index contributed by atoms with van der Waals surface area (Å²) in [4.78, 5) is 8.53. The molecule has 20 heavy (non-hydrogen) atoms. The first-order valence-electron chi connectivity index (χ1n) is 7.10. The number of rotatable bonds is 2. The maximum Gasteiger partial charge on any atom is 0.0900 e. The zero-order chi connectivity index (χ0) is 14.3. The number of nitrogens with zero attached hydrogens (tertiary/aromatic N) is 2. The fraction of sp³-hybridized carbons (Fsp3) is 0.438. The highest BCUT2D eigenvalue weighted by molar-refractivity contribution is 7.11. The van der Waals surface area contributed by atoms with E-state index in [1.165, 1.54) is 21.7 Å². The van der Waals surface area contributed by atoms with Crippen molar-refractivity contribution in [2.24, 2.45) is 0 Å². The van der Waals surface area contributed by atoms with E-state index >= 15 is 0 Å². The molecule has 1 aliphatic heterocycles. The van der Waals surface area contributed by atoms with Crippen LogP contribution in [0.5, 0.6) is 0 Å². The minimum absolute atomic E-state index is 0.354. The molecule has 3 rings (SSSR count). The third kappa shape index (κ3) is 2.34. The Bertz CT molecular complexity index is 633. The summed E-state index contributed by atoms with van der Waals surface area (Å²) in [6.07, 6.45) is 1.08. The quantitative estimate of drug-likeness (QED) is 0.860. The lowest BCUT2D eigenvalue weighted by molar-refractivity contribution is 0.189. The van der Waals surface area contributed by atoms with E-state index in [-0.39, 0.29) is 0 Å². The summed E-state index contributed by atoms with van der Waals surface area (Å²) >= 11 is 1.79. The molecule has 0 saturated heterocycles. The molecule has 0 radical (unpaired) electrons. The fourth-order valence-corrected chi connectivity index (χ4v) is 3.97. The van der Waals surface area contributed by atoms with Crippen molar-refractivity contribution < 1.29 is 0 Å². The van der Waals surface area contributed by atoms with Crippen LogP contribution in [0.2, 0.25) is 0 Å². The molecule has 0 amide bonds. The van der Waals surface area contributed by atoms with E-state index in [4.69, 9.17) is 10.7 Å². The molecule has 1 aromatic heterocycles. The molecule has 0 spiro atoms. The number of aromatic nitrogens is 1. The van der Waals surface area contributed by atoms with E-state index in [2.05, 4.69) is 37.8 Å². The van der Waals surface area contributed by atoms with Crippen molar-refractivity contribution >= 4 is 17.0 Å². The van der Waals surface area contributed by atoms with Gasteiger partial charge in [0, 0.05) is 23.7 Å². The van der Waals surface area contributed by atoms with Crippen LogP contribution in [-0.4, -0.2) is 16.4 Å². The minimum atomic E-state index is 0.354. The number of anilines is 1. The predicted octanol–water partition coefficient (Wildman–Crippen LogP) is 3.46. The summed E-state index contributed by atoms with van der Waals surface area (Å²) in [6, 6.07) is 6.62. The molecular formula is C16H21N3S. The van der Waals surface area contributed by atoms with E-state index in [0.29, 0.717) is 6.04 Å². The lowest BCUT2D eigenvalue weighted by Crippen LogP contribution is -2.33. The van der Waals surface area contributed by atoms with E-state index in [9.17, 15) is 0 Å². The van der Waals surface area contributed by atoms with Gasteiger partial charge in [0.25, 0.3) is 0 Å². The second-order valence-corrected chi connectivity index (χ2v) is 6.96. The fourth-order valence-electron chi connectivity index (χ4n) is 3.06. The van der Waals surface area contributed by atoms with Crippen LogP contribution in [0.1, 0.15) is 39.7 Å². The van der Waals surface area contributed by atoms with E-state index in [0.717, 1.165) is 30.2 Å². The average Bonchev–Trinajstić information content (AvgIpc) is 2.77. The summed E-state index contributed by atoms with van der Waals surface area (Å²) in [6.45, 7) is 8.51. The van der Waals surface area contributed by atoms with Crippen molar-refractivity contribution in [1.82, 2.24) is 9.88 Å². The van der Waals surface area contributed by atoms with Crippen LogP contribution in [0.4, 0.5) is 5.69 Å². The van der Waals surface area contributed by atoms with Gasteiger partial charge in [-0.2, -0.15) is 0 Å².